The minimum absolute atomic E-state index is 0.411. The molecule has 160 valence electrons. The normalized spacial score (nSPS) is 15.1. The third-order valence-electron chi connectivity index (χ3n) is 6.28. The molecule has 1 aliphatic carbocycles. The summed E-state index contributed by atoms with van der Waals surface area (Å²) in [5.41, 5.74) is 12.0. The molecule has 2 aromatic carbocycles. The van der Waals surface area contributed by atoms with Crippen LogP contribution in [0.25, 0.3) is 32.9 Å². The number of nitrogens with two attached hydrogens (primary N) is 1. The molecule has 1 unspecified atom stereocenters. The Bertz CT molecular complexity index is 1310. The monoisotopic (exact) mass is 417 g/mol. The lowest BCUT2D eigenvalue weighted by Gasteiger charge is -2.11. The van der Waals surface area contributed by atoms with Gasteiger partial charge in [0.2, 0.25) is 0 Å². The average Bonchev–Trinajstić information content (AvgIpc) is 3.40. The van der Waals surface area contributed by atoms with Crippen LogP contribution < -0.4 is 5.73 Å². The Labute approximate surface area is 180 Å². The van der Waals surface area contributed by atoms with E-state index in [0.29, 0.717) is 23.7 Å². The Hall–Kier alpha value is -3.12. The number of hydrogen-bond acceptors (Lipinski definition) is 4. The number of aliphatic hydroxyl groups is 1. The van der Waals surface area contributed by atoms with Gasteiger partial charge in [-0.2, -0.15) is 0 Å². The molecule has 2 aromatic heterocycles. The van der Waals surface area contributed by atoms with Crippen molar-refractivity contribution in [2.24, 2.45) is 11.7 Å². The predicted molar refractivity (Wildman–Crippen MR) is 121 cm³/mol. The summed E-state index contributed by atoms with van der Waals surface area (Å²) in [6.07, 6.45) is 2.59. The Kier molecular flexibility index (Phi) is 4.63. The molecule has 1 fully saturated rings. The summed E-state index contributed by atoms with van der Waals surface area (Å²) < 4.78 is 7.63. The Morgan fingerprint density at radius 2 is 2.03 bits per heavy atom. The van der Waals surface area contributed by atoms with Gasteiger partial charge in [-0.05, 0) is 75.3 Å². The first-order valence-electron chi connectivity index (χ1n) is 10.8. The molecule has 6 heteroatoms. The van der Waals surface area contributed by atoms with Gasteiger partial charge in [-0.15, -0.1) is 0 Å². The van der Waals surface area contributed by atoms with E-state index in [1.165, 1.54) is 12.8 Å². The lowest BCUT2D eigenvalue weighted by Crippen LogP contribution is -2.14. The van der Waals surface area contributed by atoms with Crippen molar-refractivity contribution in [1.29, 1.82) is 0 Å². The highest BCUT2D eigenvalue weighted by molar-refractivity contribution is 6.17. The van der Waals surface area contributed by atoms with Gasteiger partial charge in [0.25, 0.3) is 5.91 Å². The van der Waals surface area contributed by atoms with Crippen LogP contribution in [0.15, 0.2) is 34.9 Å². The maximum absolute atomic E-state index is 12.6. The predicted octanol–water partition coefficient (Wildman–Crippen LogP) is 4.50. The van der Waals surface area contributed by atoms with Gasteiger partial charge in [-0.25, -0.2) is 0 Å². The van der Waals surface area contributed by atoms with Crippen LogP contribution in [-0.2, 0) is 13.0 Å². The van der Waals surface area contributed by atoms with Crippen LogP contribution in [0.4, 0.5) is 0 Å². The number of nitrogens with zero attached hydrogens (tertiary/aromatic N) is 2. The Morgan fingerprint density at radius 1 is 1.26 bits per heavy atom. The van der Waals surface area contributed by atoms with Crippen LogP contribution in [0, 0.1) is 19.8 Å². The minimum Gasteiger partial charge on any atom is -0.393 e. The number of aliphatic hydroxyl groups excluding tert-OH is 1. The molecular formula is C25H27N3O3. The van der Waals surface area contributed by atoms with Crippen molar-refractivity contribution >= 4 is 27.7 Å². The van der Waals surface area contributed by atoms with Gasteiger partial charge >= 0.3 is 0 Å². The molecule has 0 aliphatic heterocycles. The summed E-state index contributed by atoms with van der Waals surface area (Å²) in [6, 6.07) is 10.3. The minimum atomic E-state index is -0.442. The molecule has 0 saturated heterocycles. The topological polar surface area (TPSA) is 94.3 Å². The van der Waals surface area contributed by atoms with Gasteiger partial charge in [0.05, 0.1) is 22.9 Å². The van der Waals surface area contributed by atoms with E-state index in [1.807, 2.05) is 19.9 Å². The smallest absolute Gasteiger partial charge is 0.250 e. The Balaban J connectivity index is 1.84. The highest BCUT2D eigenvalue weighted by Crippen LogP contribution is 2.40. The number of aromatic nitrogens is 2. The van der Waals surface area contributed by atoms with Crippen LogP contribution in [0.3, 0.4) is 0 Å². The number of amides is 1. The van der Waals surface area contributed by atoms with Crippen molar-refractivity contribution in [2.75, 3.05) is 0 Å². The summed E-state index contributed by atoms with van der Waals surface area (Å²) in [5.74, 6) is 0.901. The maximum Gasteiger partial charge on any atom is 0.250 e. The zero-order valence-corrected chi connectivity index (χ0v) is 18.1. The number of fused-ring (bicyclic) bond motifs is 3. The lowest BCUT2D eigenvalue weighted by atomic mass is 9.97. The number of rotatable bonds is 6. The van der Waals surface area contributed by atoms with E-state index in [9.17, 15) is 9.90 Å². The van der Waals surface area contributed by atoms with Crippen LogP contribution in [0.1, 0.15) is 47.1 Å². The first kappa shape index (κ1) is 19.8. The molecule has 1 amide bonds. The van der Waals surface area contributed by atoms with Gasteiger partial charge < -0.3 is 19.9 Å². The summed E-state index contributed by atoms with van der Waals surface area (Å²) in [7, 11) is 0. The van der Waals surface area contributed by atoms with Crippen molar-refractivity contribution < 1.29 is 14.4 Å². The van der Waals surface area contributed by atoms with E-state index < -0.39 is 12.0 Å². The molecule has 1 atom stereocenters. The van der Waals surface area contributed by atoms with Crippen molar-refractivity contribution in [3.63, 3.8) is 0 Å². The zero-order chi connectivity index (χ0) is 21.9. The fourth-order valence-electron chi connectivity index (χ4n) is 4.72. The molecule has 5 rings (SSSR count). The number of carbonyl (C=O) groups is 1. The highest BCUT2D eigenvalue weighted by atomic mass is 16.5. The van der Waals surface area contributed by atoms with Gasteiger partial charge in [0.1, 0.15) is 5.76 Å². The summed E-state index contributed by atoms with van der Waals surface area (Å²) in [6.45, 7) is 6.44. The first-order chi connectivity index (χ1) is 14.8. The molecule has 31 heavy (non-hydrogen) atoms. The molecule has 1 aliphatic rings. The molecule has 4 aromatic rings. The fraction of sp³-hybridized carbons (Fsp3) is 0.360. The average molecular weight is 418 g/mol. The molecule has 0 bridgehead atoms. The van der Waals surface area contributed by atoms with E-state index in [-0.39, 0.29) is 0 Å². The van der Waals surface area contributed by atoms with Gasteiger partial charge in [-0.1, -0.05) is 17.3 Å². The van der Waals surface area contributed by atoms with E-state index >= 15 is 0 Å². The number of hydrogen-bond donors (Lipinski definition) is 2. The number of benzene rings is 2. The SMILES string of the molecule is Cc1noc(C)c1-c1cc(C(N)=O)c2c(c1)c1ccc(CC(C)O)cc1n2CC1CC1. The van der Waals surface area contributed by atoms with Gasteiger partial charge in [-0.3, -0.25) is 4.79 Å². The lowest BCUT2D eigenvalue weighted by molar-refractivity contribution is 0.100. The van der Waals surface area contributed by atoms with Crippen LogP contribution in [0.5, 0.6) is 0 Å². The molecule has 0 radical (unpaired) electrons. The van der Waals surface area contributed by atoms with Crippen LogP contribution >= 0.6 is 0 Å². The number of carbonyl (C=O) groups excluding carboxylic acids is 1. The van der Waals surface area contributed by atoms with Crippen molar-refractivity contribution in [3.05, 3.63) is 52.9 Å². The molecule has 1 saturated carbocycles. The second-order valence-corrected chi connectivity index (χ2v) is 8.94. The second kappa shape index (κ2) is 7.24. The van der Waals surface area contributed by atoms with E-state index in [2.05, 4.69) is 34.0 Å². The van der Waals surface area contributed by atoms with Gasteiger partial charge in [0.15, 0.2) is 0 Å². The van der Waals surface area contributed by atoms with Gasteiger partial charge in [0, 0.05) is 28.4 Å². The summed E-state index contributed by atoms with van der Waals surface area (Å²) in [4.78, 5) is 12.6. The summed E-state index contributed by atoms with van der Waals surface area (Å²) >= 11 is 0. The van der Waals surface area contributed by atoms with Crippen molar-refractivity contribution in [1.82, 2.24) is 9.72 Å². The molecule has 3 N–H and O–H groups in total. The number of primary amides is 1. The molecule has 2 heterocycles. The third-order valence-corrected chi connectivity index (χ3v) is 6.28. The fourth-order valence-corrected chi connectivity index (χ4v) is 4.72. The Morgan fingerprint density at radius 3 is 2.65 bits per heavy atom. The molecular weight excluding hydrogens is 390 g/mol. The highest BCUT2D eigenvalue weighted by Gasteiger charge is 2.26. The molecule has 6 nitrogen and oxygen atoms in total. The standard InChI is InChI=1S/C25H27N3O3/c1-13(29)8-17-6-7-19-20-10-18(23-14(2)27-31-15(23)3)11-21(25(26)30)24(20)28(22(19)9-17)12-16-4-5-16/h6-7,9-11,13,16,29H,4-5,8,12H2,1-3H3,(H2,26,30). The van der Waals surface area contributed by atoms with Crippen molar-refractivity contribution in [2.45, 2.75) is 52.7 Å². The quantitative estimate of drug-likeness (QED) is 0.483. The second-order valence-electron chi connectivity index (χ2n) is 8.94. The van der Waals surface area contributed by atoms with E-state index in [4.69, 9.17) is 10.3 Å². The van der Waals surface area contributed by atoms with Crippen molar-refractivity contribution in [3.8, 4) is 11.1 Å². The largest absolute Gasteiger partial charge is 0.393 e. The zero-order valence-electron chi connectivity index (χ0n) is 18.1. The summed E-state index contributed by atoms with van der Waals surface area (Å²) in [5, 5.41) is 16.0. The molecule has 0 spiro atoms. The van der Waals surface area contributed by atoms with E-state index in [0.717, 1.165) is 50.7 Å². The third kappa shape index (κ3) is 3.41. The van der Waals surface area contributed by atoms with Crippen LogP contribution in [0.2, 0.25) is 0 Å². The first-order valence-corrected chi connectivity index (χ1v) is 10.8. The van der Waals surface area contributed by atoms with Crippen LogP contribution in [-0.4, -0.2) is 26.8 Å². The number of aryl methyl sites for hydroxylation is 2. The van der Waals surface area contributed by atoms with E-state index in [1.54, 1.807) is 6.92 Å². The maximum atomic E-state index is 12.6.